The summed E-state index contributed by atoms with van der Waals surface area (Å²) in [6.45, 7) is 4.19. The Bertz CT molecular complexity index is 433. The minimum absolute atomic E-state index is 0.221. The first-order valence-electron chi connectivity index (χ1n) is 6.04. The molecule has 3 N–H and O–H groups in total. The van der Waals surface area contributed by atoms with E-state index in [1.54, 1.807) is 12.4 Å². The van der Waals surface area contributed by atoms with Gasteiger partial charge in [-0.15, -0.1) is 0 Å². The highest BCUT2D eigenvalue weighted by Gasteiger charge is 2.38. The summed E-state index contributed by atoms with van der Waals surface area (Å²) < 4.78 is 0. The van der Waals surface area contributed by atoms with E-state index in [9.17, 15) is 4.79 Å². The Morgan fingerprint density at radius 3 is 2.83 bits per heavy atom. The van der Waals surface area contributed by atoms with Gasteiger partial charge in [-0.1, -0.05) is 0 Å². The van der Waals surface area contributed by atoms with Crippen LogP contribution in [-0.2, 0) is 11.3 Å². The average molecular weight is 249 g/mol. The molecule has 0 saturated carbocycles. The van der Waals surface area contributed by atoms with E-state index in [0.29, 0.717) is 13.1 Å². The summed E-state index contributed by atoms with van der Waals surface area (Å²) in [5, 5.41) is 2.93. The number of amides is 1. The first-order chi connectivity index (χ1) is 8.53. The van der Waals surface area contributed by atoms with E-state index in [1.165, 1.54) is 0 Å². The number of anilines is 1. The lowest BCUT2D eigenvalue weighted by Gasteiger charge is -2.20. The lowest BCUT2D eigenvalue weighted by Crippen LogP contribution is -2.37. The standard InChI is InChI=1S/C12H19N5O/c1-12(11(13)18)3-4-17(8-12)7-9-5-16-10(14-2)6-15-9/h5-6H,3-4,7-8H2,1-2H3,(H2,13,18)(H,14,16). The zero-order valence-corrected chi connectivity index (χ0v) is 10.8. The van der Waals surface area contributed by atoms with Gasteiger partial charge in [-0.25, -0.2) is 4.98 Å². The maximum Gasteiger partial charge on any atom is 0.224 e. The summed E-state index contributed by atoms with van der Waals surface area (Å²) in [5.74, 6) is 0.531. The highest BCUT2D eigenvalue weighted by molar-refractivity contribution is 5.81. The van der Waals surface area contributed by atoms with Crippen LogP contribution < -0.4 is 11.1 Å². The molecule has 18 heavy (non-hydrogen) atoms. The van der Waals surface area contributed by atoms with E-state index in [1.807, 2.05) is 14.0 Å². The van der Waals surface area contributed by atoms with Crippen LogP contribution in [0.1, 0.15) is 19.0 Å². The van der Waals surface area contributed by atoms with Crippen molar-refractivity contribution >= 4 is 11.7 Å². The third-order valence-electron chi connectivity index (χ3n) is 3.49. The third-order valence-corrected chi connectivity index (χ3v) is 3.49. The number of aromatic nitrogens is 2. The molecule has 0 aromatic carbocycles. The molecule has 0 aliphatic carbocycles. The summed E-state index contributed by atoms with van der Waals surface area (Å²) in [6, 6.07) is 0. The van der Waals surface area contributed by atoms with Gasteiger partial charge in [-0.05, 0) is 19.9 Å². The van der Waals surface area contributed by atoms with E-state index in [-0.39, 0.29) is 5.91 Å². The Kier molecular flexibility index (Phi) is 3.47. The lowest BCUT2D eigenvalue weighted by atomic mass is 9.89. The first-order valence-corrected chi connectivity index (χ1v) is 6.04. The zero-order valence-electron chi connectivity index (χ0n) is 10.8. The Labute approximate surface area is 107 Å². The lowest BCUT2D eigenvalue weighted by molar-refractivity contribution is -0.126. The maximum absolute atomic E-state index is 11.4. The quantitative estimate of drug-likeness (QED) is 0.797. The van der Waals surface area contributed by atoms with Gasteiger partial charge in [0, 0.05) is 20.1 Å². The number of primary amides is 1. The Morgan fingerprint density at radius 1 is 1.56 bits per heavy atom. The highest BCUT2D eigenvalue weighted by Crippen LogP contribution is 2.30. The Hall–Kier alpha value is -1.69. The molecule has 1 fully saturated rings. The summed E-state index contributed by atoms with van der Waals surface area (Å²) in [5.41, 5.74) is 5.92. The van der Waals surface area contributed by atoms with Crippen LogP contribution >= 0.6 is 0 Å². The molecule has 2 heterocycles. The number of carbonyl (C=O) groups excluding carboxylic acids is 1. The van der Waals surface area contributed by atoms with Crippen molar-refractivity contribution in [2.24, 2.45) is 11.1 Å². The monoisotopic (exact) mass is 249 g/mol. The molecule has 2 rings (SSSR count). The van der Waals surface area contributed by atoms with Gasteiger partial charge in [0.2, 0.25) is 5.91 Å². The maximum atomic E-state index is 11.4. The fourth-order valence-electron chi connectivity index (χ4n) is 2.19. The number of hydrogen-bond acceptors (Lipinski definition) is 5. The van der Waals surface area contributed by atoms with Crippen LogP contribution in [0.3, 0.4) is 0 Å². The Balaban J connectivity index is 1.97. The van der Waals surface area contributed by atoms with Crippen molar-refractivity contribution in [1.29, 1.82) is 0 Å². The topological polar surface area (TPSA) is 84.1 Å². The molecule has 0 radical (unpaired) electrons. The molecule has 6 heteroatoms. The molecule has 1 aromatic heterocycles. The molecule has 1 atom stereocenters. The zero-order chi connectivity index (χ0) is 13.2. The van der Waals surface area contributed by atoms with Crippen molar-refractivity contribution in [3.8, 4) is 0 Å². The number of nitrogens with two attached hydrogens (primary N) is 1. The summed E-state index contributed by atoms with van der Waals surface area (Å²) >= 11 is 0. The predicted molar refractivity (Wildman–Crippen MR) is 68.8 cm³/mol. The van der Waals surface area contributed by atoms with E-state index in [2.05, 4.69) is 20.2 Å². The van der Waals surface area contributed by atoms with Gasteiger partial charge in [0.25, 0.3) is 0 Å². The summed E-state index contributed by atoms with van der Waals surface area (Å²) in [7, 11) is 1.81. The van der Waals surface area contributed by atoms with E-state index in [0.717, 1.165) is 24.5 Å². The number of rotatable bonds is 4. The average Bonchev–Trinajstić information content (AvgIpc) is 2.73. The number of likely N-dealkylation sites (tertiary alicyclic amines) is 1. The van der Waals surface area contributed by atoms with Crippen LogP contribution in [0.5, 0.6) is 0 Å². The normalized spacial score (nSPS) is 24.1. The van der Waals surface area contributed by atoms with Crippen LogP contribution in [-0.4, -0.2) is 40.9 Å². The number of carbonyl (C=O) groups is 1. The fraction of sp³-hybridized carbons (Fsp3) is 0.583. The smallest absolute Gasteiger partial charge is 0.224 e. The first kappa shape index (κ1) is 12.8. The van der Waals surface area contributed by atoms with Crippen molar-refractivity contribution < 1.29 is 4.79 Å². The number of hydrogen-bond donors (Lipinski definition) is 2. The molecule has 98 valence electrons. The van der Waals surface area contributed by atoms with E-state index < -0.39 is 5.41 Å². The molecule has 1 aliphatic rings. The molecule has 6 nitrogen and oxygen atoms in total. The van der Waals surface area contributed by atoms with Crippen LogP contribution in [0.15, 0.2) is 12.4 Å². The van der Waals surface area contributed by atoms with Crippen molar-refractivity contribution in [3.05, 3.63) is 18.1 Å². The minimum atomic E-state index is -0.404. The van der Waals surface area contributed by atoms with E-state index >= 15 is 0 Å². The number of nitrogens with one attached hydrogen (secondary N) is 1. The molecular weight excluding hydrogens is 230 g/mol. The van der Waals surface area contributed by atoms with Crippen molar-refractivity contribution in [3.63, 3.8) is 0 Å². The second-order valence-corrected chi connectivity index (χ2v) is 5.03. The van der Waals surface area contributed by atoms with Crippen molar-refractivity contribution in [2.75, 3.05) is 25.5 Å². The molecule has 0 bridgehead atoms. The van der Waals surface area contributed by atoms with Gasteiger partial charge >= 0.3 is 0 Å². The van der Waals surface area contributed by atoms with Crippen LogP contribution in [0, 0.1) is 5.41 Å². The van der Waals surface area contributed by atoms with Gasteiger partial charge in [-0.2, -0.15) is 0 Å². The van der Waals surface area contributed by atoms with E-state index in [4.69, 9.17) is 5.73 Å². The van der Waals surface area contributed by atoms with Crippen LogP contribution in [0.2, 0.25) is 0 Å². The molecule has 1 unspecified atom stereocenters. The van der Waals surface area contributed by atoms with Crippen LogP contribution in [0.4, 0.5) is 5.82 Å². The van der Waals surface area contributed by atoms with Gasteiger partial charge in [0.05, 0.1) is 23.5 Å². The van der Waals surface area contributed by atoms with Crippen molar-refractivity contribution in [1.82, 2.24) is 14.9 Å². The molecular formula is C12H19N5O. The predicted octanol–water partition coefficient (Wildman–Crippen LogP) is 0.216. The molecule has 1 aliphatic heterocycles. The second kappa shape index (κ2) is 4.89. The molecule has 1 aromatic rings. The molecule has 1 amide bonds. The highest BCUT2D eigenvalue weighted by atomic mass is 16.1. The summed E-state index contributed by atoms with van der Waals surface area (Å²) in [4.78, 5) is 22.1. The van der Waals surface area contributed by atoms with Gasteiger partial charge in [0.1, 0.15) is 5.82 Å². The number of nitrogens with zero attached hydrogens (tertiary/aromatic N) is 3. The Morgan fingerprint density at radius 2 is 2.33 bits per heavy atom. The fourth-order valence-corrected chi connectivity index (χ4v) is 2.19. The second-order valence-electron chi connectivity index (χ2n) is 5.03. The largest absolute Gasteiger partial charge is 0.372 e. The van der Waals surface area contributed by atoms with Crippen LogP contribution in [0.25, 0.3) is 0 Å². The molecule has 1 saturated heterocycles. The van der Waals surface area contributed by atoms with Crippen molar-refractivity contribution in [2.45, 2.75) is 19.9 Å². The van der Waals surface area contributed by atoms with Gasteiger partial charge < -0.3 is 11.1 Å². The molecule has 0 spiro atoms. The van der Waals surface area contributed by atoms with Gasteiger partial charge in [-0.3, -0.25) is 14.7 Å². The van der Waals surface area contributed by atoms with Gasteiger partial charge in [0.15, 0.2) is 0 Å². The minimum Gasteiger partial charge on any atom is -0.372 e. The summed E-state index contributed by atoms with van der Waals surface area (Å²) in [6.07, 6.45) is 4.27. The third kappa shape index (κ3) is 2.59. The SMILES string of the molecule is CNc1cnc(CN2CCC(C)(C(N)=O)C2)cn1.